The second-order valence-corrected chi connectivity index (χ2v) is 10.3. The molecule has 2 aliphatic rings. The van der Waals surface area contributed by atoms with Crippen molar-refractivity contribution < 1.29 is 8.78 Å². The van der Waals surface area contributed by atoms with Gasteiger partial charge in [0.25, 0.3) is 0 Å². The fourth-order valence-corrected chi connectivity index (χ4v) is 5.51. The lowest BCUT2D eigenvalue weighted by molar-refractivity contribution is 0.250. The Morgan fingerprint density at radius 2 is 1.55 bits per heavy atom. The lowest BCUT2D eigenvalue weighted by atomic mass is 9.78. The minimum absolute atomic E-state index is 0.0796. The van der Waals surface area contributed by atoms with Gasteiger partial charge in [0.2, 0.25) is 0 Å². The molecule has 0 atom stereocenters. The molecular formula is C28H37ClF2. The van der Waals surface area contributed by atoms with Crippen LogP contribution in [0.1, 0.15) is 95.1 Å². The van der Waals surface area contributed by atoms with Gasteiger partial charge in [0.05, 0.1) is 5.56 Å². The Hall–Kier alpha value is -1.33. The van der Waals surface area contributed by atoms with Gasteiger partial charge in [-0.2, -0.15) is 0 Å². The van der Waals surface area contributed by atoms with Crippen LogP contribution in [0.3, 0.4) is 0 Å². The van der Waals surface area contributed by atoms with Crippen molar-refractivity contribution in [1.29, 1.82) is 0 Å². The normalized spacial score (nSPS) is 26.2. The van der Waals surface area contributed by atoms with Crippen molar-refractivity contribution in [1.82, 2.24) is 0 Å². The highest BCUT2D eigenvalue weighted by Crippen LogP contribution is 2.35. The summed E-state index contributed by atoms with van der Waals surface area (Å²) in [7, 11) is 0. The average Bonchev–Trinajstić information content (AvgIpc) is 2.76. The van der Waals surface area contributed by atoms with E-state index in [1.54, 1.807) is 0 Å². The van der Waals surface area contributed by atoms with Crippen LogP contribution in [0, 0.1) is 47.1 Å². The Labute approximate surface area is 192 Å². The van der Waals surface area contributed by atoms with Crippen LogP contribution in [0.25, 0.3) is 0 Å². The molecule has 0 bridgehead atoms. The molecule has 2 fully saturated rings. The van der Waals surface area contributed by atoms with Crippen molar-refractivity contribution in [2.45, 2.75) is 90.4 Å². The summed E-state index contributed by atoms with van der Waals surface area (Å²) in [5.41, 5.74) is 0.679. The Bertz CT molecular complexity index is 764. The first-order valence-corrected chi connectivity index (χ1v) is 12.7. The molecule has 0 aliphatic heterocycles. The highest BCUT2D eigenvalue weighted by Gasteiger charge is 2.22. The summed E-state index contributed by atoms with van der Waals surface area (Å²) in [6.45, 7) is 6.07. The molecular weight excluding hydrogens is 410 g/mol. The van der Waals surface area contributed by atoms with E-state index < -0.39 is 11.6 Å². The van der Waals surface area contributed by atoms with E-state index in [4.69, 9.17) is 11.6 Å². The zero-order chi connectivity index (χ0) is 22.2. The number of unbranched alkanes of at least 4 members (excludes halogenated alkanes) is 1. The first-order valence-electron chi connectivity index (χ1n) is 12.3. The first-order chi connectivity index (χ1) is 15.0. The lowest BCUT2D eigenvalue weighted by Gasteiger charge is -2.28. The largest absolute Gasteiger partial charge is 0.206 e. The number of hydrogen-bond acceptors (Lipinski definition) is 0. The SMILES string of the molecule is C=C(Cl)C1CCC(C#Cc2c(F)cc(CCC3CCC(CCCC)CC3)cc2F)CC1. The van der Waals surface area contributed by atoms with E-state index in [-0.39, 0.29) is 11.5 Å². The smallest absolute Gasteiger partial charge is 0.142 e. The molecule has 0 spiro atoms. The van der Waals surface area contributed by atoms with E-state index in [1.165, 1.54) is 57.1 Å². The van der Waals surface area contributed by atoms with Gasteiger partial charge in [0.15, 0.2) is 0 Å². The maximum absolute atomic E-state index is 14.6. The molecule has 0 radical (unpaired) electrons. The highest BCUT2D eigenvalue weighted by molar-refractivity contribution is 6.29. The molecule has 2 saturated carbocycles. The summed E-state index contributed by atoms with van der Waals surface area (Å²) in [5, 5.41) is 0.712. The third-order valence-corrected chi connectivity index (χ3v) is 7.76. The van der Waals surface area contributed by atoms with Crippen molar-refractivity contribution in [3.63, 3.8) is 0 Å². The van der Waals surface area contributed by atoms with Gasteiger partial charge in [0, 0.05) is 11.0 Å². The molecule has 0 N–H and O–H groups in total. The molecule has 1 aromatic carbocycles. The second kappa shape index (κ2) is 12.1. The molecule has 1 aromatic rings. The highest BCUT2D eigenvalue weighted by atomic mass is 35.5. The van der Waals surface area contributed by atoms with Crippen molar-refractivity contribution >= 4 is 11.6 Å². The van der Waals surface area contributed by atoms with Crippen molar-refractivity contribution in [3.05, 3.63) is 46.5 Å². The predicted octanol–water partition coefficient (Wildman–Crippen LogP) is 8.80. The van der Waals surface area contributed by atoms with E-state index in [0.717, 1.165) is 50.0 Å². The number of aryl methyl sites for hydroxylation is 1. The van der Waals surface area contributed by atoms with Gasteiger partial charge in [-0.1, -0.05) is 81.9 Å². The summed E-state index contributed by atoms with van der Waals surface area (Å²) in [6, 6.07) is 2.99. The molecule has 170 valence electrons. The zero-order valence-corrected chi connectivity index (χ0v) is 19.8. The molecule has 0 saturated heterocycles. The number of rotatable bonds is 7. The number of benzene rings is 1. The molecule has 0 unspecified atom stereocenters. The minimum Gasteiger partial charge on any atom is -0.206 e. The quantitative estimate of drug-likeness (QED) is 0.367. The Balaban J connectivity index is 1.50. The fourth-order valence-electron chi connectivity index (χ4n) is 5.29. The Morgan fingerprint density at radius 1 is 0.968 bits per heavy atom. The number of allylic oxidation sites excluding steroid dienone is 1. The summed E-state index contributed by atoms with van der Waals surface area (Å²) >= 11 is 6.00. The molecule has 0 amide bonds. The Kier molecular flexibility index (Phi) is 9.46. The molecule has 3 heteroatoms. The van der Waals surface area contributed by atoms with Crippen LogP contribution in [0.15, 0.2) is 23.7 Å². The molecule has 0 heterocycles. The van der Waals surface area contributed by atoms with Crippen LogP contribution in [-0.2, 0) is 6.42 Å². The fraction of sp³-hybridized carbons (Fsp3) is 0.643. The standard InChI is InChI=1S/C28H37ClF2/c1-3-4-5-21-6-8-22(9-7-21)10-11-24-18-27(30)26(28(31)19-24)17-14-23-12-15-25(16-13-23)20(2)29/h18-19,21-23,25H,2-13,15-16H2,1H3. The number of hydrogen-bond donors (Lipinski definition) is 0. The first kappa shape index (κ1) is 24.3. The average molecular weight is 447 g/mol. The van der Waals surface area contributed by atoms with E-state index in [0.29, 0.717) is 16.9 Å². The van der Waals surface area contributed by atoms with E-state index in [1.807, 2.05) is 0 Å². The minimum atomic E-state index is -0.520. The van der Waals surface area contributed by atoms with Crippen LogP contribution in [0.5, 0.6) is 0 Å². The van der Waals surface area contributed by atoms with Crippen LogP contribution >= 0.6 is 11.6 Å². The zero-order valence-electron chi connectivity index (χ0n) is 19.0. The molecule has 3 rings (SSSR count). The number of halogens is 3. The molecule has 31 heavy (non-hydrogen) atoms. The van der Waals surface area contributed by atoms with Crippen molar-refractivity contribution in [2.75, 3.05) is 0 Å². The van der Waals surface area contributed by atoms with Crippen LogP contribution in [0.4, 0.5) is 8.78 Å². The van der Waals surface area contributed by atoms with Gasteiger partial charge in [-0.25, -0.2) is 8.78 Å². The third-order valence-electron chi connectivity index (χ3n) is 7.45. The predicted molar refractivity (Wildman–Crippen MR) is 127 cm³/mol. The molecule has 2 aliphatic carbocycles. The third kappa shape index (κ3) is 7.35. The molecule has 0 nitrogen and oxygen atoms in total. The van der Waals surface area contributed by atoms with Gasteiger partial charge in [0.1, 0.15) is 11.6 Å². The van der Waals surface area contributed by atoms with Gasteiger partial charge in [-0.15, -0.1) is 0 Å². The summed E-state index contributed by atoms with van der Waals surface area (Å²) < 4.78 is 29.2. The van der Waals surface area contributed by atoms with Crippen molar-refractivity contribution in [3.8, 4) is 11.8 Å². The summed E-state index contributed by atoms with van der Waals surface area (Å²) in [4.78, 5) is 0. The topological polar surface area (TPSA) is 0 Å². The van der Waals surface area contributed by atoms with E-state index in [2.05, 4.69) is 25.3 Å². The van der Waals surface area contributed by atoms with Crippen molar-refractivity contribution in [2.24, 2.45) is 23.7 Å². The van der Waals surface area contributed by atoms with E-state index in [9.17, 15) is 8.78 Å². The van der Waals surface area contributed by atoms with Gasteiger partial charge >= 0.3 is 0 Å². The monoisotopic (exact) mass is 446 g/mol. The van der Waals surface area contributed by atoms with E-state index >= 15 is 0 Å². The van der Waals surface area contributed by atoms with Crippen LogP contribution in [-0.4, -0.2) is 0 Å². The second-order valence-electron chi connectivity index (χ2n) is 9.77. The summed E-state index contributed by atoms with van der Waals surface area (Å²) in [6.07, 6.45) is 14.7. The van der Waals surface area contributed by atoms with Gasteiger partial charge < -0.3 is 0 Å². The van der Waals surface area contributed by atoms with Crippen LogP contribution in [0.2, 0.25) is 0 Å². The van der Waals surface area contributed by atoms with Crippen LogP contribution < -0.4 is 0 Å². The molecule has 0 aromatic heterocycles. The maximum Gasteiger partial charge on any atom is 0.142 e. The van der Waals surface area contributed by atoms with Gasteiger partial charge in [-0.3, -0.25) is 0 Å². The van der Waals surface area contributed by atoms with Gasteiger partial charge in [-0.05, 0) is 74.0 Å². The maximum atomic E-state index is 14.6. The Morgan fingerprint density at radius 3 is 2.10 bits per heavy atom. The lowest BCUT2D eigenvalue weighted by Crippen LogP contribution is -2.15. The summed E-state index contributed by atoms with van der Waals surface area (Å²) in [5.74, 6) is 6.97.